The summed E-state index contributed by atoms with van der Waals surface area (Å²) in [6.45, 7) is 4.45. The number of benzene rings is 2. The lowest BCUT2D eigenvalue weighted by Crippen LogP contribution is -2.45. The van der Waals surface area contributed by atoms with Gasteiger partial charge in [0.2, 0.25) is 5.91 Å². The van der Waals surface area contributed by atoms with Crippen molar-refractivity contribution in [2.75, 3.05) is 32.1 Å². The number of carbonyl (C=O) groups excluding carboxylic acids is 2. The van der Waals surface area contributed by atoms with Crippen molar-refractivity contribution >= 4 is 17.6 Å². The summed E-state index contributed by atoms with van der Waals surface area (Å²) in [6, 6.07) is 17.1. The highest BCUT2D eigenvalue weighted by Gasteiger charge is 2.29. The van der Waals surface area contributed by atoms with E-state index in [2.05, 4.69) is 5.32 Å². The van der Waals surface area contributed by atoms with Crippen molar-refractivity contribution in [1.82, 2.24) is 9.80 Å². The summed E-state index contributed by atoms with van der Waals surface area (Å²) in [5.41, 5.74) is 1.87. The molecule has 3 amide bonds. The van der Waals surface area contributed by atoms with Gasteiger partial charge in [-0.2, -0.15) is 0 Å². The third kappa shape index (κ3) is 5.50. The Morgan fingerprint density at radius 3 is 2.31 bits per heavy atom. The second kappa shape index (κ2) is 9.96. The van der Waals surface area contributed by atoms with Crippen molar-refractivity contribution in [3.63, 3.8) is 0 Å². The molecule has 0 aromatic heterocycles. The summed E-state index contributed by atoms with van der Waals surface area (Å²) in [7, 11) is 1.64. The van der Waals surface area contributed by atoms with Crippen molar-refractivity contribution in [3.05, 3.63) is 60.2 Å². The van der Waals surface area contributed by atoms with Crippen LogP contribution in [0.3, 0.4) is 0 Å². The number of methoxy groups -OCH3 is 1. The van der Waals surface area contributed by atoms with E-state index in [0.29, 0.717) is 39.0 Å². The first-order chi connectivity index (χ1) is 14.1. The molecule has 1 aliphatic heterocycles. The number of piperidine rings is 1. The maximum atomic E-state index is 13.0. The van der Waals surface area contributed by atoms with E-state index in [-0.39, 0.29) is 17.9 Å². The van der Waals surface area contributed by atoms with Crippen molar-refractivity contribution in [2.45, 2.75) is 26.3 Å². The van der Waals surface area contributed by atoms with Gasteiger partial charge in [0.1, 0.15) is 5.75 Å². The minimum absolute atomic E-state index is 0.0334. The Balaban J connectivity index is 1.51. The van der Waals surface area contributed by atoms with Crippen LogP contribution in [0, 0.1) is 5.92 Å². The normalized spacial score (nSPS) is 14.3. The molecule has 0 bridgehead atoms. The molecule has 6 nitrogen and oxygen atoms in total. The fourth-order valence-corrected chi connectivity index (χ4v) is 3.61. The van der Waals surface area contributed by atoms with Gasteiger partial charge in [0, 0.05) is 37.8 Å². The average molecular weight is 396 g/mol. The molecule has 1 heterocycles. The highest BCUT2D eigenvalue weighted by atomic mass is 16.5. The Morgan fingerprint density at radius 1 is 1.07 bits per heavy atom. The highest BCUT2D eigenvalue weighted by Crippen LogP contribution is 2.22. The monoisotopic (exact) mass is 395 g/mol. The number of rotatable bonds is 6. The van der Waals surface area contributed by atoms with Crippen molar-refractivity contribution < 1.29 is 14.3 Å². The first-order valence-corrected chi connectivity index (χ1v) is 10.1. The van der Waals surface area contributed by atoms with Crippen LogP contribution in [0.15, 0.2) is 54.6 Å². The fraction of sp³-hybridized carbons (Fsp3) is 0.391. The first kappa shape index (κ1) is 20.7. The van der Waals surface area contributed by atoms with Crippen molar-refractivity contribution in [2.24, 2.45) is 5.92 Å². The van der Waals surface area contributed by atoms with Gasteiger partial charge in [0.15, 0.2) is 0 Å². The fourth-order valence-electron chi connectivity index (χ4n) is 3.61. The SMILES string of the molecule is CCN(Cc1ccc(OC)cc1)C(=O)C1CCN(C(=O)Nc2ccccc2)CC1. The summed E-state index contributed by atoms with van der Waals surface area (Å²) in [4.78, 5) is 29.1. The predicted molar refractivity (Wildman–Crippen MR) is 114 cm³/mol. The van der Waals surface area contributed by atoms with E-state index < -0.39 is 0 Å². The summed E-state index contributed by atoms with van der Waals surface area (Å²) >= 11 is 0. The summed E-state index contributed by atoms with van der Waals surface area (Å²) in [5, 5.41) is 2.91. The van der Waals surface area contributed by atoms with Crippen LogP contribution in [0.25, 0.3) is 0 Å². The highest BCUT2D eigenvalue weighted by molar-refractivity contribution is 5.89. The quantitative estimate of drug-likeness (QED) is 0.805. The zero-order valence-corrected chi connectivity index (χ0v) is 17.1. The molecule has 0 atom stereocenters. The Kier molecular flexibility index (Phi) is 7.11. The lowest BCUT2D eigenvalue weighted by Gasteiger charge is -2.34. The minimum atomic E-state index is -0.104. The van der Waals surface area contributed by atoms with E-state index in [0.717, 1.165) is 17.0 Å². The molecular formula is C23H29N3O3. The number of ether oxygens (including phenoxy) is 1. The van der Waals surface area contributed by atoms with E-state index in [9.17, 15) is 9.59 Å². The van der Waals surface area contributed by atoms with E-state index in [1.54, 1.807) is 12.0 Å². The number of nitrogens with one attached hydrogen (secondary N) is 1. The molecule has 154 valence electrons. The van der Waals surface area contributed by atoms with Gasteiger partial charge < -0.3 is 19.9 Å². The molecule has 3 rings (SSSR count). The second-order valence-electron chi connectivity index (χ2n) is 7.26. The van der Waals surface area contributed by atoms with Crippen LogP contribution >= 0.6 is 0 Å². The lowest BCUT2D eigenvalue weighted by molar-refractivity contribution is -0.137. The third-order valence-corrected chi connectivity index (χ3v) is 5.38. The number of nitrogens with zero attached hydrogens (tertiary/aromatic N) is 2. The molecule has 29 heavy (non-hydrogen) atoms. The molecule has 0 aliphatic carbocycles. The molecule has 1 aliphatic rings. The Labute approximate surface area is 172 Å². The van der Waals surface area contributed by atoms with Crippen molar-refractivity contribution in [1.29, 1.82) is 0 Å². The molecule has 0 radical (unpaired) electrons. The maximum absolute atomic E-state index is 13.0. The molecule has 1 N–H and O–H groups in total. The molecular weight excluding hydrogens is 366 g/mol. The standard InChI is InChI=1S/C23H29N3O3/c1-3-25(17-18-9-11-21(29-2)12-10-18)22(27)19-13-15-26(16-14-19)23(28)24-20-7-5-4-6-8-20/h4-12,19H,3,13-17H2,1-2H3,(H,24,28). The second-order valence-corrected chi connectivity index (χ2v) is 7.26. The molecule has 6 heteroatoms. The predicted octanol–water partition coefficient (Wildman–Crippen LogP) is 3.99. The molecule has 2 aromatic carbocycles. The molecule has 0 saturated carbocycles. The summed E-state index contributed by atoms with van der Waals surface area (Å²) in [6.07, 6.45) is 1.39. The Bertz CT molecular complexity index is 800. The Morgan fingerprint density at radius 2 is 1.72 bits per heavy atom. The van der Waals surface area contributed by atoms with Gasteiger partial charge in [0.25, 0.3) is 0 Å². The Hall–Kier alpha value is -3.02. The number of anilines is 1. The average Bonchev–Trinajstić information content (AvgIpc) is 2.78. The van der Waals surface area contributed by atoms with Crippen LogP contribution in [0.5, 0.6) is 5.75 Å². The number of urea groups is 1. The summed E-state index contributed by atoms with van der Waals surface area (Å²) < 4.78 is 5.19. The molecule has 1 saturated heterocycles. The number of likely N-dealkylation sites (tertiary alicyclic amines) is 1. The number of hydrogen-bond acceptors (Lipinski definition) is 3. The molecule has 0 spiro atoms. The molecule has 2 aromatic rings. The summed E-state index contributed by atoms with van der Waals surface area (Å²) in [5.74, 6) is 0.949. The first-order valence-electron chi connectivity index (χ1n) is 10.1. The minimum Gasteiger partial charge on any atom is -0.497 e. The van der Waals surface area contributed by atoms with Crippen LogP contribution in [0.1, 0.15) is 25.3 Å². The third-order valence-electron chi connectivity index (χ3n) is 5.38. The largest absolute Gasteiger partial charge is 0.497 e. The van der Waals surface area contributed by atoms with Crippen LogP contribution in [-0.2, 0) is 11.3 Å². The van der Waals surface area contributed by atoms with Gasteiger partial charge in [-0.05, 0) is 49.6 Å². The molecule has 1 fully saturated rings. The number of carbonyl (C=O) groups is 2. The van der Waals surface area contributed by atoms with E-state index in [1.807, 2.05) is 66.4 Å². The number of hydrogen-bond donors (Lipinski definition) is 1. The van der Waals surface area contributed by atoms with Crippen LogP contribution in [0.4, 0.5) is 10.5 Å². The number of para-hydroxylation sites is 1. The molecule has 0 unspecified atom stereocenters. The van der Waals surface area contributed by atoms with Crippen LogP contribution < -0.4 is 10.1 Å². The van der Waals surface area contributed by atoms with Gasteiger partial charge >= 0.3 is 6.03 Å². The maximum Gasteiger partial charge on any atom is 0.321 e. The van der Waals surface area contributed by atoms with E-state index in [4.69, 9.17) is 4.74 Å². The van der Waals surface area contributed by atoms with Gasteiger partial charge in [-0.25, -0.2) is 4.79 Å². The number of amides is 3. The lowest BCUT2D eigenvalue weighted by atomic mass is 9.95. The van der Waals surface area contributed by atoms with Gasteiger partial charge in [-0.1, -0.05) is 30.3 Å². The topological polar surface area (TPSA) is 61.9 Å². The van der Waals surface area contributed by atoms with E-state index >= 15 is 0 Å². The van der Waals surface area contributed by atoms with E-state index in [1.165, 1.54) is 0 Å². The van der Waals surface area contributed by atoms with Gasteiger partial charge in [0.05, 0.1) is 7.11 Å². The zero-order valence-electron chi connectivity index (χ0n) is 17.1. The zero-order chi connectivity index (χ0) is 20.6. The van der Waals surface area contributed by atoms with Gasteiger partial charge in [-0.3, -0.25) is 4.79 Å². The van der Waals surface area contributed by atoms with Gasteiger partial charge in [-0.15, -0.1) is 0 Å². The van der Waals surface area contributed by atoms with Crippen LogP contribution in [0.2, 0.25) is 0 Å². The van der Waals surface area contributed by atoms with Crippen LogP contribution in [-0.4, -0.2) is 48.5 Å². The smallest absolute Gasteiger partial charge is 0.321 e. The van der Waals surface area contributed by atoms with Crippen molar-refractivity contribution in [3.8, 4) is 5.75 Å².